The van der Waals surface area contributed by atoms with Crippen molar-refractivity contribution in [3.63, 3.8) is 0 Å². The van der Waals surface area contributed by atoms with Gasteiger partial charge < -0.3 is 21.3 Å². The molecule has 0 atom stereocenters. The molecule has 0 bridgehead atoms. The number of nitrogens with two attached hydrogens (primary N) is 1. The minimum Gasteiger partial charge on any atom is -0.397 e. The zero-order valence-corrected chi connectivity index (χ0v) is 13.0. The van der Waals surface area contributed by atoms with Gasteiger partial charge in [-0.05, 0) is 44.0 Å². The van der Waals surface area contributed by atoms with Crippen LogP contribution >= 0.6 is 0 Å². The number of carbonyl (C=O) groups is 1. The number of piperidine rings is 1. The fourth-order valence-corrected chi connectivity index (χ4v) is 2.82. The third-order valence-corrected chi connectivity index (χ3v) is 4.03. The molecular weight excluding hydrogens is 264 g/mol. The van der Waals surface area contributed by atoms with Crippen molar-refractivity contribution in [3.05, 3.63) is 23.8 Å². The summed E-state index contributed by atoms with van der Waals surface area (Å²) in [6.07, 6.45) is 3.49. The molecule has 0 aliphatic carbocycles. The Kier molecular flexibility index (Phi) is 5.44. The number of rotatable bonds is 5. The van der Waals surface area contributed by atoms with Crippen molar-refractivity contribution in [2.75, 3.05) is 37.7 Å². The lowest BCUT2D eigenvalue weighted by Crippen LogP contribution is -2.39. The van der Waals surface area contributed by atoms with Crippen LogP contribution in [0.1, 0.15) is 36.5 Å². The third kappa shape index (κ3) is 4.11. The van der Waals surface area contributed by atoms with Crippen molar-refractivity contribution in [1.29, 1.82) is 0 Å². The molecule has 5 nitrogen and oxygen atoms in total. The molecule has 4 N–H and O–H groups in total. The lowest BCUT2D eigenvalue weighted by Gasteiger charge is -2.32. The Morgan fingerprint density at radius 3 is 2.67 bits per heavy atom. The summed E-state index contributed by atoms with van der Waals surface area (Å²) in [4.78, 5) is 14.1. The summed E-state index contributed by atoms with van der Waals surface area (Å²) in [6.45, 7) is 5.69. The molecular formula is C16H26N4O. The van der Waals surface area contributed by atoms with Gasteiger partial charge >= 0.3 is 0 Å². The molecule has 0 aromatic heterocycles. The maximum atomic E-state index is 11.6. The quantitative estimate of drug-likeness (QED) is 0.725. The van der Waals surface area contributed by atoms with E-state index in [9.17, 15) is 4.79 Å². The normalized spacial score (nSPS) is 16.7. The number of hydrogen-bond acceptors (Lipinski definition) is 4. The van der Waals surface area contributed by atoms with Gasteiger partial charge in [0.1, 0.15) is 0 Å². The van der Waals surface area contributed by atoms with Crippen molar-refractivity contribution in [1.82, 2.24) is 10.2 Å². The summed E-state index contributed by atoms with van der Waals surface area (Å²) in [5, 5.41) is 6.12. The number of anilines is 2. The van der Waals surface area contributed by atoms with Gasteiger partial charge in [-0.1, -0.05) is 6.92 Å². The van der Waals surface area contributed by atoms with E-state index in [0.29, 0.717) is 17.3 Å². The molecule has 1 aromatic carbocycles. The highest BCUT2D eigenvalue weighted by atomic mass is 16.1. The van der Waals surface area contributed by atoms with E-state index >= 15 is 0 Å². The van der Waals surface area contributed by atoms with Crippen LogP contribution in [0.15, 0.2) is 18.2 Å². The van der Waals surface area contributed by atoms with Crippen molar-refractivity contribution in [2.45, 2.75) is 32.2 Å². The average molecular weight is 290 g/mol. The fourth-order valence-electron chi connectivity index (χ4n) is 2.82. The van der Waals surface area contributed by atoms with E-state index < -0.39 is 0 Å². The summed E-state index contributed by atoms with van der Waals surface area (Å²) in [5.74, 6) is -0.110. The van der Waals surface area contributed by atoms with Crippen LogP contribution < -0.4 is 16.4 Å². The van der Waals surface area contributed by atoms with Gasteiger partial charge in [-0.2, -0.15) is 0 Å². The van der Waals surface area contributed by atoms with Gasteiger partial charge in [-0.25, -0.2) is 0 Å². The molecule has 0 saturated carbocycles. The van der Waals surface area contributed by atoms with E-state index in [-0.39, 0.29) is 5.91 Å². The smallest absolute Gasteiger partial charge is 0.251 e. The molecule has 1 fully saturated rings. The summed E-state index contributed by atoms with van der Waals surface area (Å²) >= 11 is 0. The first kappa shape index (κ1) is 15.6. The van der Waals surface area contributed by atoms with Gasteiger partial charge in [-0.3, -0.25) is 4.79 Å². The Morgan fingerprint density at radius 1 is 1.38 bits per heavy atom. The highest BCUT2D eigenvalue weighted by Gasteiger charge is 2.19. The van der Waals surface area contributed by atoms with Gasteiger partial charge in [-0.15, -0.1) is 0 Å². The number of benzene rings is 1. The van der Waals surface area contributed by atoms with Gasteiger partial charge in [0.2, 0.25) is 0 Å². The molecule has 1 heterocycles. The molecule has 1 aliphatic heterocycles. The zero-order valence-electron chi connectivity index (χ0n) is 13.0. The molecule has 0 unspecified atom stereocenters. The Hall–Kier alpha value is -1.75. The molecule has 5 heteroatoms. The van der Waals surface area contributed by atoms with Gasteiger partial charge in [0.05, 0.1) is 11.4 Å². The van der Waals surface area contributed by atoms with Crippen LogP contribution in [0, 0.1) is 0 Å². The predicted octanol–water partition coefficient (Wildman–Crippen LogP) is 1.91. The van der Waals surface area contributed by atoms with Crippen LogP contribution in [0.5, 0.6) is 0 Å². The van der Waals surface area contributed by atoms with Crippen molar-refractivity contribution < 1.29 is 4.79 Å². The lowest BCUT2D eigenvalue weighted by molar-refractivity contribution is 0.0963. The van der Waals surface area contributed by atoms with E-state index in [1.54, 1.807) is 13.1 Å². The van der Waals surface area contributed by atoms with E-state index in [1.807, 2.05) is 12.1 Å². The maximum absolute atomic E-state index is 11.6. The Labute approximate surface area is 126 Å². The average Bonchev–Trinajstić information content (AvgIpc) is 2.50. The van der Waals surface area contributed by atoms with E-state index in [0.717, 1.165) is 31.6 Å². The first-order valence-corrected chi connectivity index (χ1v) is 7.74. The molecule has 21 heavy (non-hydrogen) atoms. The second kappa shape index (κ2) is 7.31. The van der Waals surface area contributed by atoms with Crippen LogP contribution in [0.4, 0.5) is 11.4 Å². The van der Waals surface area contributed by atoms with E-state index in [4.69, 9.17) is 5.73 Å². The molecule has 2 rings (SSSR count). The first-order chi connectivity index (χ1) is 10.1. The van der Waals surface area contributed by atoms with E-state index in [1.165, 1.54) is 13.0 Å². The summed E-state index contributed by atoms with van der Waals surface area (Å²) in [6, 6.07) is 5.90. The number of likely N-dealkylation sites (tertiary alicyclic amines) is 1. The number of nitrogen functional groups attached to an aromatic ring is 1. The Bertz CT molecular complexity index is 481. The molecule has 0 radical (unpaired) electrons. The monoisotopic (exact) mass is 290 g/mol. The molecule has 116 valence electrons. The standard InChI is InChI=1S/C16H26N4O/c1-3-8-20-9-6-13(7-10-20)19-15-5-4-12(11-14(15)17)16(21)18-2/h4-5,11,13,19H,3,6-10,17H2,1-2H3,(H,18,21). The highest BCUT2D eigenvalue weighted by molar-refractivity contribution is 5.95. The minimum absolute atomic E-state index is 0.110. The zero-order chi connectivity index (χ0) is 15.2. The topological polar surface area (TPSA) is 70.4 Å². The number of nitrogens with one attached hydrogen (secondary N) is 2. The van der Waals surface area contributed by atoms with Crippen LogP contribution in [0.2, 0.25) is 0 Å². The van der Waals surface area contributed by atoms with Gasteiger partial charge in [0.25, 0.3) is 5.91 Å². The fraction of sp³-hybridized carbons (Fsp3) is 0.562. The SMILES string of the molecule is CCCN1CCC(Nc2ccc(C(=O)NC)cc2N)CC1. The summed E-state index contributed by atoms with van der Waals surface area (Å²) < 4.78 is 0. The van der Waals surface area contributed by atoms with Crippen molar-refractivity contribution in [3.8, 4) is 0 Å². The number of carbonyl (C=O) groups excluding carboxylic acids is 1. The molecule has 1 aliphatic rings. The van der Waals surface area contributed by atoms with Crippen LogP contribution in [-0.4, -0.2) is 43.5 Å². The molecule has 0 spiro atoms. The first-order valence-electron chi connectivity index (χ1n) is 7.74. The minimum atomic E-state index is -0.110. The van der Waals surface area contributed by atoms with Gasteiger partial charge in [0.15, 0.2) is 0 Å². The second-order valence-electron chi connectivity index (χ2n) is 5.64. The summed E-state index contributed by atoms with van der Waals surface area (Å²) in [5.41, 5.74) is 8.21. The number of amides is 1. The predicted molar refractivity (Wildman–Crippen MR) is 87.6 cm³/mol. The molecule has 1 saturated heterocycles. The largest absolute Gasteiger partial charge is 0.397 e. The Balaban J connectivity index is 1.93. The maximum Gasteiger partial charge on any atom is 0.251 e. The second-order valence-corrected chi connectivity index (χ2v) is 5.64. The van der Waals surface area contributed by atoms with Crippen LogP contribution in [0.25, 0.3) is 0 Å². The summed E-state index contributed by atoms with van der Waals surface area (Å²) in [7, 11) is 1.62. The number of hydrogen-bond donors (Lipinski definition) is 3. The van der Waals surface area contributed by atoms with Crippen LogP contribution in [0.3, 0.4) is 0 Å². The van der Waals surface area contributed by atoms with Crippen LogP contribution in [-0.2, 0) is 0 Å². The number of nitrogens with zero attached hydrogens (tertiary/aromatic N) is 1. The molecule has 1 amide bonds. The highest BCUT2D eigenvalue weighted by Crippen LogP contribution is 2.23. The lowest BCUT2D eigenvalue weighted by atomic mass is 10.0. The third-order valence-electron chi connectivity index (χ3n) is 4.03. The van der Waals surface area contributed by atoms with Crippen molar-refractivity contribution >= 4 is 17.3 Å². The Morgan fingerprint density at radius 2 is 2.10 bits per heavy atom. The van der Waals surface area contributed by atoms with Crippen molar-refractivity contribution in [2.24, 2.45) is 0 Å². The van der Waals surface area contributed by atoms with E-state index in [2.05, 4.69) is 22.5 Å². The molecule has 1 aromatic rings. The van der Waals surface area contributed by atoms with Gasteiger partial charge in [0, 0.05) is 31.7 Å².